The Morgan fingerprint density at radius 1 is 1.26 bits per heavy atom. The van der Waals surface area contributed by atoms with Crippen molar-refractivity contribution in [3.8, 4) is 0 Å². The first-order valence-corrected chi connectivity index (χ1v) is 8.34. The molecular weight excluding hydrogens is 280 g/mol. The minimum absolute atomic E-state index is 0. The van der Waals surface area contributed by atoms with Crippen LogP contribution < -0.4 is 0 Å². The molecule has 0 N–H and O–H groups in total. The third kappa shape index (κ3) is 3.42. The first-order valence-electron chi connectivity index (χ1n) is 8.34. The van der Waals surface area contributed by atoms with Crippen molar-refractivity contribution >= 4 is 10.9 Å². The lowest BCUT2D eigenvalue weighted by atomic mass is 10.0. The summed E-state index contributed by atoms with van der Waals surface area (Å²) in [5.41, 5.74) is 5.87. The zero-order chi connectivity index (χ0) is 15.5. The number of fused-ring (bicyclic) bond motifs is 3. The number of benzene rings is 1. The predicted molar refractivity (Wildman–Crippen MR) is 102 cm³/mol. The molecule has 1 aliphatic heterocycles. The molecule has 0 atom stereocenters. The highest BCUT2D eigenvalue weighted by Crippen LogP contribution is 2.31. The van der Waals surface area contributed by atoms with Crippen LogP contribution in [-0.2, 0) is 19.5 Å². The van der Waals surface area contributed by atoms with Gasteiger partial charge in [-0.2, -0.15) is 0 Å². The van der Waals surface area contributed by atoms with Gasteiger partial charge in [-0.15, -0.1) is 0 Å². The maximum atomic E-state index is 2.54. The van der Waals surface area contributed by atoms with Gasteiger partial charge in [-0.3, -0.25) is 4.90 Å². The number of likely N-dealkylation sites (N-methyl/N-ethyl adjacent to an activating group) is 1. The zero-order valence-corrected chi connectivity index (χ0v) is 14.0. The molecule has 0 radical (unpaired) electrons. The van der Waals surface area contributed by atoms with Crippen LogP contribution in [0.2, 0.25) is 0 Å². The molecule has 0 unspecified atom stereocenters. The summed E-state index contributed by atoms with van der Waals surface area (Å²) in [6.07, 6.45) is 7.61. The maximum absolute atomic E-state index is 2.54. The molecular formula is C21H30N2. The Morgan fingerprint density at radius 3 is 2.78 bits per heavy atom. The topological polar surface area (TPSA) is 8.17 Å². The van der Waals surface area contributed by atoms with Crippen molar-refractivity contribution in [2.24, 2.45) is 0 Å². The average molecular weight is 310 g/mol. The molecule has 2 nitrogen and oxygen atoms in total. The van der Waals surface area contributed by atoms with Crippen molar-refractivity contribution in [1.82, 2.24) is 9.47 Å². The van der Waals surface area contributed by atoms with E-state index < -0.39 is 0 Å². The van der Waals surface area contributed by atoms with Gasteiger partial charge in [-0.05, 0) is 32.0 Å². The fourth-order valence-corrected chi connectivity index (χ4v) is 3.47. The molecule has 2 aromatic rings. The van der Waals surface area contributed by atoms with Crippen molar-refractivity contribution in [2.75, 3.05) is 13.1 Å². The second kappa shape index (κ2) is 7.65. The normalized spacial score (nSPS) is 15.9. The van der Waals surface area contributed by atoms with Gasteiger partial charge in [0.25, 0.3) is 0 Å². The van der Waals surface area contributed by atoms with E-state index >= 15 is 0 Å². The Bertz CT molecular complexity index is 719. The van der Waals surface area contributed by atoms with Gasteiger partial charge in [0, 0.05) is 42.7 Å². The fourth-order valence-electron chi connectivity index (χ4n) is 3.47. The van der Waals surface area contributed by atoms with Crippen LogP contribution in [0.25, 0.3) is 10.9 Å². The van der Waals surface area contributed by atoms with E-state index in [0.717, 1.165) is 26.1 Å². The predicted octanol–water partition coefficient (Wildman–Crippen LogP) is 5.18. The van der Waals surface area contributed by atoms with E-state index in [2.05, 4.69) is 72.7 Å². The molecule has 1 aliphatic rings. The first kappa shape index (κ1) is 17.6. The van der Waals surface area contributed by atoms with Gasteiger partial charge in [0.2, 0.25) is 0 Å². The number of para-hydroxylation sites is 1. The van der Waals surface area contributed by atoms with Gasteiger partial charge < -0.3 is 4.57 Å². The van der Waals surface area contributed by atoms with E-state index in [1.165, 1.54) is 23.0 Å². The summed E-state index contributed by atoms with van der Waals surface area (Å²) in [4.78, 5) is 2.54. The number of nitrogens with zero attached hydrogens (tertiary/aromatic N) is 2. The molecule has 1 aromatic heterocycles. The minimum atomic E-state index is 0. The minimum Gasteiger partial charge on any atom is -0.340 e. The first-order chi connectivity index (χ1) is 10.7. The van der Waals surface area contributed by atoms with Crippen LogP contribution in [0.15, 0.2) is 48.1 Å². The van der Waals surface area contributed by atoms with Crippen LogP contribution in [0.3, 0.4) is 0 Å². The van der Waals surface area contributed by atoms with E-state index in [-0.39, 0.29) is 7.43 Å². The molecule has 2 heterocycles. The van der Waals surface area contributed by atoms with E-state index in [1.54, 1.807) is 11.3 Å². The lowest BCUT2D eigenvalue weighted by Gasteiger charge is -2.27. The van der Waals surface area contributed by atoms with Crippen molar-refractivity contribution in [1.29, 1.82) is 0 Å². The van der Waals surface area contributed by atoms with Crippen molar-refractivity contribution in [3.05, 3.63) is 59.3 Å². The summed E-state index contributed by atoms with van der Waals surface area (Å²) in [5.74, 6) is 0. The Morgan fingerprint density at radius 2 is 2.04 bits per heavy atom. The molecule has 1 aromatic carbocycles. The molecule has 23 heavy (non-hydrogen) atoms. The SMILES string of the molecule is C.C/C=C\C=C(/C)Cn1c2c(c3ccccc31)CN(CC)CC2. The Labute approximate surface area is 141 Å². The number of allylic oxidation sites excluding steroid dienone is 4. The van der Waals surface area contributed by atoms with Crippen molar-refractivity contribution in [3.63, 3.8) is 0 Å². The van der Waals surface area contributed by atoms with Crippen LogP contribution in [-0.4, -0.2) is 22.6 Å². The standard InChI is InChI=1S/C20H26N2.CH4/c1-4-6-9-16(3)14-22-19-11-8-7-10-17(19)18-15-21(5-2)13-12-20(18)22;/h4,6-11H,5,12-15H2,1-3H3;1H4/b6-4-,16-9+;. The van der Waals surface area contributed by atoms with E-state index in [9.17, 15) is 0 Å². The van der Waals surface area contributed by atoms with Crippen molar-refractivity contribution < 1.29 is 0 Å². The third-order valence-electron chi connectivity index (χ3n) is 4.67. The van der Waals surface area contributed by atoms with E-state index in [4.69, 9.17) is 0 Å². The fraction of sp³-hybridized carbons (Fsp3) is 0.429. The second-order valence-electron chi connectivity index (χ2n) is 6.19. The molecule has 0 fully saturated rings. The molecule has 0 saturated carbocycles. The summed E-state index contributed by atoms with van der Waals surface area (Å²) in [7, 11) is 0. The second-order valence-corrected chi connectivity index (χ2v) is 6.19. The lowest BCUT2D eigenvalue weighted by molar-refractivity contribution is 0.266. The van der Waals surface area contributed by atoms with Crippen LogP contribution in [0, 0.1) is 0 Å². The summed E-state index contributed by atoms with van der Waals surface area (Å²) in [6.45, 7) is 11.0. The molecule has 2 heteroatoms. The van der Waals surface area contributed by atoms with Gasteiger partial charge in [0.1, 0.15) is 0 Å². The molecule has 0 bridgehead atoms. The van der Waals surface area contributed by atoms with Crippen molar-refractivity contribution in [2.45, 2.75) is 47.7 Å². The van der Waals surface area contributed by atoms with Crippen LogP contribution >= 0.6 is 0 Å². The molecule has 0 aliphatic carbocycles. The summed E-state index contributed by atoms with van der Waals surface area (Å²) < 4.78 is 2.53. The molecule has 0 saturated heterocycles. The molecule has 3 rings (SSSR count). The maximum Gasteiger partial charge on any atom is 0.0488 e. The molecule has 0 spiro atoms. The smallest absolute Gasteiger partial charge is 0.0488 e. The third-order valence-corrected chi connectivity index (χ3v) is 4.67. The van der Waals surface area contributed by atoms with Gasteiger partial charge in [0.05, 0.1) is 0 Å². The van der Waals surface area contributed by atoms with Crippen LogP contribution in [0.5, 0.6) is 0 Å². The van der Waals surface area contributed by atoms with E-state index in [1.807, 2.05) is 0 Å². The molecule has 0 amide bonds. The average Bonchev–Trinajstić information content (AvgIpc) is 2.86. The number of hydrogen-bond acceptors (Lipinski definition) is 1. The monoisotopic (exact) mass is 310 g/mol. The summed E-state index contributed by atoms with van der Waals surface area (Å²) >= 11 is 0. The largest absolute Gasteiger partial charge is 0.340 e. The van der Waals surface area contributed by atoms with Gasteiger partial charge in [-0.25, -0.2) is 0 Å². The molecule has 124 valence electrons. The number of hydrogen-bond donors (Lipinski definition) is 0. The van der Waals surface area contributed by atoms with Crippen LogP contribution in [0.4, 0.5) is 0 Å². The highest BCUT2D eigenvalue weighted by molar-refractivity contribution is 5.86. The number of rotatable bonds is 4. The summed E-state index contributed by atoms with van der Waals surface area (Å²) in [5, 5.41) is 1.44. The quantitative estimate of drug-likeness (QED) is 0.707. The number of aromatic nitrogens is 1. The Hall–Kier alpha value is -1.80. The van der Waals surface area contributed by atoms with Gasteiger partial charge in [0.15, 0.2) is 0 Å². The zero-order valence-electron chi connectivity index (χ0n) is 14.0. The Balaban J connectivity index is 0.00000192. The highest BCUT2D eigenvalue weighted by atomic mass is 15.1. The highest BCUT2D eigenvalue weighted by Gasteiger charge is 2.22. The van der Waals surface area contributed by atoms with Crippen LogP contribution in [0.1, 0.15) is 39.5 Å². The van der Waals surface area contributed by atoms with E-state index in [0.29, 0.717) is 0 Å². The van der Waals surface area contributed by atoms with Gasteiger partial charge >= 0.3 is 0 Å². The van der Waals surface area contributed by atoms with Gasteiger partial charge in [-0.1, -0.05) is 56.4 Å². The Kier molecular flexibility index (Phi) is 5.84. The lowest BCUT2D eigenvalue weighted by Crippen LogP contribution is -2.30. The summed E-state index contributed by atoms with van der Waals surface area (Å²) in [6, 6.07) is 8.88.